The monoisotopic (exact) mass is 325 g/mol. The summed E-state index contributed by atoms with van der Waals surface area (Å²) in [6, 6.07) is 13.8. The molecule has 0 N–H and O–H groups in total. The van der Waals surface area contributed by atoms with Gasteiger partial charge in [0.1, 0.15) is 23.9 Å². The minimum absolute atomic E-state index is 0.160. The molecule has 0 saturated heterocycles. The molecule has 122 valence electrons. The van der Waals surface area contributed by atoms with Gasteiger partial charge in [-0.05, 0) is 30.7 Å². The van der Waals surface area contributed by atoms with Crippen molar-refractivity contribution in [2.45, 2.75) is 20.1 Å². The second kappa shape index (κ2) is 7.04. The van der Waals surface area contributed by atoms with Gasteiger partial charge in [0.25, 0.3) is 0 Å². The van der Waals surface area contributed by atoms with Gasteiger partial charge >= 0.3 is 0 Å². The largest absolute Gasteiger partial charge is 0.486 e. The van der Waals surface area contributed by atoms with Crippen molar-refractivity contribution >= 4 is 6.29 Å². The molecule has 1 aromatic heterocycles. The van der Waals surface area contributed by atoms with Gasteiger partial charge in [-0.2, -0.15) is 0 Å². The number of rotatable bonds is 6. The first-order chi connectivity index (χ1) is 11.7. The normalized spacial score (nSPS) is 10.6. The van der Waals surface area contributed by atoms with Crippen LogP contribution in [0, 0.1) is 12.7 Å². The molecule has 0 fully saturated rings. The van der Waals surface area contributed by atoms with Crippen molar-refractivity contribution in [1.29, 1.82) is 0 Å². The smallest absolute Gasteiger partial charge is 0.153 e. The van der Waals surface area contributed by atoms with Gasteiger partial charge in [-0.1, -0.05) is 35.5 Å². The van der Waals surface area contributed by atoms with Gasteiger partial charge in [-0.15, -0.1) is 5.10 Å². The van der Waals surface area contributed by atoms with Crippen LogP contribution in [0.4, 0.5) is 4.39 Å². The van der Waals surface area contributed by atoms with Crippen LogP contribution in [-0.4, -0.2) is 21.3 Å². The number of nitrogens with zero attached hydrogens (tertiary/aromatic N) is 3. The summed E-state index contributed by atoms with van der Waals surface area (Å²) < 4.78 is 20.5. The fraction of sp³-hybridized carbons (Fsp3) is 0.167. The van der Waals surface area contributed by atoms with Crippen LogP contribution in [0.15, 0.2) is 48.5 Å². The van der Waals surface area contributed by atoms with E-state index in [2.05, 4.69) is 10.3 Å². The van der Waals surface area contributed by atoms with Crippen molar-refractivity contribution in [1.82, 2.24) is 15.0 Å². The Balaban J connectivity index is 1.72. The third-order valence-electron chi connectivity index (χ3n) is 3.72. The maximum absolute atomic E-state index is 13.1. The second-order valence-electron chi connectivity index (χ2n) is 5.35. The van der Waals surface area contributed by atoms with Crippen molar-refractivity contribution in [2.75, 3.05) is 0 Å². The van der Waals surface area contributed by atoms with Gasteiger partial charge in [-0.3, -0.25) is 4.79 Å². The molecule has 5 nitrogen and oxygen atoms in total. The molecule has 1 heterocycles. The van der Waals surface area contributed by atoms with Gasteiger partial charge in [0, 0.05) is 0 Å². The van der Waals surface area contributed by atoms with E-state index in [1.54, 1.807) is 4.68 Å². The Morgan fingerprint density at radius 2 is 2.00 bits per heavy atom. The molecular weight excluding hydrogens is 309 g/mol. The summed E-state index contributed by atoms with van der Waals surface area (Å²) in [4.78, 5) is 11.0. The lowest BCUT2D eigenvalue weighted by Gasteiger charge is -2.08. The lowest BCUT2D eigenvalue weighted by atomic mass is 10.2. The molecule has 0 spiro atoms. The standard InChI is InChI=1S/C18H16FN3O2/c1-13-17(12-24-18-8-7-16(19)9-15(18)11-23)20-21-22(13)10-14-5-3-2-4-6-14/h2-9,11H,10,12H2,1H3. The number of aromatic nitrogens is 3. The number of aldehydes is 1. The molecule has 0 bridgehead atoms. The predicted molar refractivity (Wildman–Crippen MR) is 86.4 cm³/mol. The summed E-state index contributed by atoms with van der Waals surface area (Å²) >= 11 is 0. The van der Waals surface area contributed by atoms with Crippen LogP contribution < -0.4 is 4.74 Å². The first-order valence-electron chi connectivity index (χ1n) is 7.48. The van der Waals surface area contributed by atoms with E-state index < -0.39 is 5.82 Å². The zero-order valence-electron chi connectivity index (χ0n) is 13.1. The molecule has 24 heavy (non-hydrogen) atoms. The topological polar surface area (TPSA) is 57.0 Å². The highest BCUT2D eigenvalue weighted by molar-refractivity contribution is 5.79. The summed E-state index contributed by atoms with van der Waals surface area (Å²) in [5.74, 6) is -0.155. The van der Waals surface area contributed by atoms with Crippen molar-refractivity contribution in [3.8, 4) is 5.75 Å². The highest BCUT2D eigenvalue weighted by atomic mass is 19.1. The average molecular weight is 325 g/mol. The lowest BCUT2D eigenvalue weighted by Crippen LogP contribution is -2.05. The zero-order chi connectivity index (χ0) is 16.9. The number of ether oxygens (including phenoxy) is 1. The van der Waals surface area contributed by atoms with Crippen LogP contribution >= 0.6 is 0 Å². The Bertz CT molecular complexity index is 847. The fourth-order valence-electron chi connectivity index (χ4n) is 2.33. The molecule has 0 amide bonds. The SMILES string of the molecule is Cc1c(COc2ccc(F)cc2C=O)nnn1Cc1ccccc1. The molecule has 6 heteroatoms. The molecule has 3 rings (SSSR count). The summed E-state index contributed by atoms with van der Waals surface area (Å²) in [7, 11) is 0. The van der Waals surface area contributed by atoms with E-state index in [1.807, 2.05) is 37.3 Å². The van der Waals surface area contributed by atoms with E-state index in [0.29, 0.717) is 24.3 Å². The van der Waals surface area contributed by atoms with E-state index in [0.717, 1.165) is 17.3 Å². The van der Waals surface area contributed by atoms with Crippen LogP contribution in [0.5, 0.6) is 5.75 Å². The summed E-state index contributed by atoms with van der Waals surface area (Å²) in [6.07, 6.45) is 0.567. The molecule has 0 radical (unpaired) electrons. The molecule has 0 unspecified atom stereocenters. The maximum atomic E-state index is 13.1. The van der Waals surface area contributed by atoms with E-state index in [-0.39, 0.29) is 12.2 Å². The number of hydrogen-bond donors (Lipinski definition) is 0. The van der Waals surface area contributed by atoms with Gasteiger partial charge in [-0.25, -0.2) is 9.07 Å². The van der Waals surface area contributed by atoms with Crippen molar-refractivity contribution < 1.29 is 13.9 Å². The van der Waals surface area contributed by atoms with Crippen molar-refractivity contribution in [2.24, 2.45) is 0 Å². The van der Waals surface area contributed by atoms with Crippen LogP contribution in [0.25, 0.3) is 0 Å². The lowest BCUT2D eigenvalue weighted by molar-refractivity contribution is 0.111. The molecule has 0 aliphatic carbocycles. The predicted octanol–water partition coefficient (Wildman–Crippen LogP) is 3.17. The number of halogens is 1. The Morgan fingerprint density at radius 1 is 1.21 bits per heavy atom. The zero-order valence-corrected chi connectivity index (χ0v) is 13.1. The van der Waals surface area contributed by atoms with Gasteiger partial charge < -0.3 is 4.74 Å². The minimum Gasteiger partial charge on any atom is -0.486 e. The number of hydrogen-bond acceptors (Lipinski definition) is 4. The highest BCUT2D eigenvalue weighted by Crippen LogP contribution is 2.19. The van der Waals surface area contributed by atoms with Gasteiger partial charge in [0.15, 0.2) is 6.29 Å². The third kappa shape index (κ3) is 3.48. The molecular formula is C18H16FN3O2. The Morgan fingerprint density at radius 3 is 2.75 bits per heavy atom. The van der Waals surface area contributed by atoms with Crippen LogP contribution in [0.2, 0.25) is 0 Å². The summed E-state index contributed by atoms with van der Waals surface area (Å²) in [5, 5.41) is 8.26. The number of carbonyl (C=O) groups excluding carboxylic acids is 1. The molecule has 0 atom stereocenters. The maximum Gasteiger partial charge on any atom is 0.153 e. The van der Waals surface area contributed by atoms with E-state index >= 15 is 0 Å². The molecule has 0 aliphatic heterocycles. The van der Waals surface area contributed by atoms with E-state index in [4.69, 9.17) is 4.74 Å². The van der Waals surface area contributed by atoms with Crippen LogP contribution in [0.1, 0.15) is 27.3 Å². The van der Waals surface area contributed by atoms with Gasteiger partial charge in [0.05, 0.1) is 17.8 Å². The Kier molecular flexibility index (Phi) is 4.65. The van der Waals surface area contributed by atoms with Crippen LogP contribution in [0.3, 0.4) is 0 Å². The van der Waals surface area contributed by atoms with E-state index in [1.165, 1.54) is 12.1 Å². The Labute approximate surface area is 138 Å². The van der Waals surface area contributed by atoms with Crippen molar-refractivity contribution in [3.05, 3.63) is 76.9 Å². The molecule has 0 saturated carbocycles. The number of benzene rings is 2. The summed E-state index contributed by atoms with van der Waals surface area (Å²) in [6.45, 7) is 2.69. The van der Waals surface area contributed by atoms with Gasteiger partial charge in [0.2, 0.25) is 0 Å². The third-order valence-corrected chi connectivity index (χ3v) is 3.72. The summed E-state index contributed by atoms with van der Waals surface area (Å²) in [5.41, 5.74) is 2.85. The van der Waals surface area contributed by atoms with E-state index in [9.17, 15) is 9.18 Å². The molecule has 2 aromatic carbocycles. The van der Waals surface area contributed by atoms with Crippen LogP contribution in [-0.2, 0) is 13.2 Å². The fourth-order valence-corrected chi connectivity index (χ4v) is 2.33. The minimum atomic E-state index is -0.477. The molecule has 0 aliphatic rings. The first kappa shape index (κ1) is 15.9. The quantitative estimate of drug-likeness (QED) is 0.653. The highest BCUT2D eigenvalue weighted by Gasteiger charge is 2.11. The molecule has 3 aromatic rings. The number of carbonyl (C=O) groups is 1. The average Bonchev–Trinajstić information content (AvgIpc) is 2.95. The first-order valence-corrected chi connectivity index (χ1v) is 7.48. The second-order valence-corrected chi connectivity index (χ2v) is 5.35. The van der Waals surface area contributed by atoms with Crippen molar-refractivity contribution in [3.63, 3.8) is 0 Å². The Hall–Kier alpha value is -3.02.